The van der Waals surface area contributed by atoms with Crippen molar-refractivity contribution in [2.75, 3.05) is 7.11 Å². The Balaban J connectivity index is 3.18. The third kappa shape index (κ3) is 2.81. The first-order valence-corrected chi connectivity index (χ1v) is 5.11. The lowest BCUT2D eigenvalue weighted by Gasteiger charge is -2.11. The molecule has 0 saturated carbocycles. The fourth-order valence-corrected chi connectivity index (χ4v) is 1.53. The fraction of sp³-hybridized carbons (Fsp3) is 0.333. The van der Waals surface area contributed by atoms with Crippen molar-refractivity contribution in [2.24, 2.45) is 5.92 Å². The summed E-state index contributed by atoms with van der Waals surface area (Å²) < 4.78 is 18.0. The normalized spacial score (nSPS) is 11.9. The molecule has 0 aliphatic rings. The predicted molar refractivity (Wildman–Crippen MR) is 58.7 cm³/mol. The van der Waals surface area contributed by atoms with Crippen molar-refractivity contribution in [3.63, 3.8) is 0 Å². The molecule has 1 aromatic carbocycles. The smallest absolute Gasteiger partial charge is 0.314 e. The number of halogens is 1. The lowest BCUT2D eigenvalue weighted by molar-refractivity contribution is -0.140. The summed E-state index contributed by atoms with van der Waals surface area (Å²) in [6.07, 6.45) is 0.147. The maximum atomic E-state index is 13.1. The van der Waals surface area contributed by atoms with Crippen LogP contribution in [-0.4, -0.2) is 24.0 Å². The summed E-state index contributed by atoms with van der Waals surface area (Å²) in [7, 11) is 1.34. The summed E-state index contributed by atoms with van der Waals surface area (Å²) in [5.41, 5.74) is -0.0400. The zero-order valence-corrected chi connectivity index (χ0v) is 9.57. The second-order valence-electron chi connectivity index (χ2n) is 3.51. The van der Waals surface area contributed by atoms with Gasteiger partial charge in [0.05, 0.1) is 12.7 Å². The molecule has 17 heavy (non-hydrogen) atoms. The third-order valence-electron chi connectivity index (χ3n) is 2.45. The number of ketones is 1. The molecule has 1 N–H and O–H groups in total. The van der Waals surface area contributed by atoms with Crippen molar-refractivity contribution in [1.82, 2.24) is 0 Å². The summed E-state index contributed by atoms with van der Waals surface area (Å²) in [5.74, 6) is -3.46. The molecule has 0 radical (unpaired) electrons. The molecule has 0 spiro atoms. The molecule has 4 nitrogen and oxygen atoms in total. The molecule has 1 rings (SSSR count). The zero-order valence-electron chi connectivity index (χ0n) is 9.57. The number of carboxylic acid groups (broad SMARTS) is 1. The number of carbonyl (C=O) groups is 2. The van der Waals surface area contributed by atoms with E-state index in [-0.39, 0.29) is 17.7 Å². The van der Waals surface area contributed by atoms with Crippen LogP contribution in [-0.2, 0) is 4.79 Å². The Kier molecular flexibility index (Phi) is 4.20. The number of benzene rings is 1. The lowest BCUT2D eigenvalue weighted by Crippen LogP contribution is -2.23. The molecule has 0 bridgehead atoms. The van der Waals surface area contributed by atoms with Gasteiger partial charge in [-0.2, -0.15) is 0 Å². The van der Waals surface area contributed by atoms with Crippen molar-refractivity contribution >= 4 is 11.8 Å². The van der Waals surface area contributed by atoms with E-state index in [1.54, 1.807) is 6.92 Å². The molecule has 92 valence electrons. The highest BCUT2D eigenvalue weighted by atomic mass is 19.1. The Morgan fingerprint density at radius 2 is 2.12 bits per heavy atom. The highest BCUT2D eigenvalue weighted by Crippen LogP contribution is 2.23. The molecule has 0 fully saturated rings. The van der Waals surface area contributed by atoms with E-state index >= 15 is 0 Å². The molecule has 0 aliphatic carbocycles. The number of rotatable bonds is 5. The van der Waals surface area contributed by atoms with Crippen LogP contribution < -0.4 is 4.74 Å². The van der Waals surface area contributed by atoms with E-state index in [2.05, 4.69) is 0 Å². The molecule has 1 unspecified atom stereocenters. The molecule has 0 saturated heterocycles. The van der Waals surface area contributed by atoms with Crippen molar-refractivity contribution in [3.05, 3.63) is 29.6 Å². The standard InChI is InChI=1S/C12H13FO4/c1-3-8(12(15)16)11(14)9-6-7(13)4-5-10(9)17-2/h4-6,8H,3H2,1-2H3,(H,15,16). The van der Waals surface area contributed by atoms with Crippen LogP contribution in [0, 0.1) is 11.7 Å². The van der Waals surface area contributed by atoms with E-state index in [1.165, 1.54) is 13.2 Å². The largest absolute Gasteiger partial charge is 0.496 e. The van der Waals surface area contributed by atoms with Crippen LogP contribution in [0.3, 0.4) is 0 Å². The summed E-state index contributed by atoms with van der Waals surface area (Å²) in [4.78, 5) is 22.8. The van der Waals surface area contributed by atoms with Gasteiger partial charge < -0.3 is 9.84 Å². The Morgan fingerprint density at radius 1 is 1.47 bits per heavy atom. The average molecular weight is 240 g/mol. The van der Waals surface area contributed by atoms with Gasteiger partial charge in [-0.3, -0.25) is 9.59 Å². The van der Waals surface area contributed by atoms with E-state index in [0.717, 1.165) is 12.1 Å². The van der Waals surface area contributed by atoms with Crippen molar-refractivity contribution < 1.29 is 23.8 Å². The van der Waals surface area contributed by atoms with Crippen LogP contribution in [0.1, 0.15) is 23.7 Å². The van der Waals surface area contributed by atoms with Crippen LogP contribution >= 0.6 is 0 Å². The number of carbonyl (C=O) groups excluding carboxylic acids is 1. The van der Waals surface area contributed by atoms with E-state index in [9.17, 15) is 14.0 Å². The van der Waals surface area contributed by atoms with Crippen LogP contribution in [0.15, 0.2) is 18.2 Å². The number of hydrogen-bond acceptors (Lipinski definition) is 3. The first kappa shape index (κ1) is 13.2. The average Bonchev–Trinajstić information content (AvgIpc) is 2.29. The molecule has 0 heterocycles. The molecular formula is C12H13FO4. The van der Waals surface area contributed by atoms with Crippen molar-refractivity contribution in [1.29, 1.82) is 0 Å². The quantitative estimate of drug-likeness (QED) is 0.632. The highest BCUT2D eigenvalue weighted by Gasteiger charge is 2.27. The van der Waals surface area contributed by atoms with Crippen LogP contribution in [0.2, 0.25) is 0 Å². The van der Waals surface area contributed by atoms with Gasteiger partial charge in [0.25, 0.3) is 0 Å². The van der Waals surface area contributed by atoms with Gasteiger partial charge in [0.1, 0.15) is 17.5 Å². The van der Waals surface area contributed by atoms with Gasteiger partial charge >= 0.3 is 5.97 Å². The number of methoxy groups -OCH3 is 1. The predicted octanol–water partition coefficient (Wildman–Crippen LogP) is 2.13. The van der Waals surface area contributed by atoms with Gasteiger partial charge in [-0.05, 0) is 24.6 Å². The van der Waals surface area contributed by atoms with Gasteiger partial charge in [0, 0.05) is 0 Å². The molecule has 5 heteroatoms. The summed E-state index contributed by atoms with van der Waals surface area (Å²) in [6, 6.07) is 3.45. The van der Waals surface area contributed by atoms with Gasteiger partial charge in [0.2, 0.25) is 0 Å². The molecular weight excluding hydrogens is 227 g/mol. The summed E-state index contributed by atoms with van der Waals surface area (Å²) >= 11 is 0. The number of carboxylic acids is 1. The minimum Gasteiger partial charge on any atom is -0.496 e. The van der Waals surface area contributed by atoms with E-state index in [0.29, 0.717) is 0 Å². The van der Waals surface area contributed by atoms with Gasteiger partial charge in [-0.15, -0.1) is 0 Å². The molecule has 1 aromatic rings. The molecule has 0 aliphatic heterocycles. The Hall–Kier alpha value is -1.91. The number of ether oxygens (including phenoxy) is 1. The lowest BCUT2D eigenvalue weighted by atomic mass is 9.95. The van der Waals surface area contributed by atoms with Gasteiger partial charge in [-0.1, -0.05) is 6.92 Å². The summed E-state index contributed by atoms with van der Waals surface area (Å²) in [6.45, 7) is 1.59. The van der Waals surface area contributed by atoms with Gasteiger partial charge in [-0.25, -0.2) is 4.39 Å². The van der Waals surface area contributed by atoms with Crippen LogP contribution in [0.4, 0.5) is 4.39 Å². The van der Waals surface area contributed by atoms with E-state index in [4.69, 9.17) is 9.84 Å². The van der Waals surface area contributed by atoms with Gasteiger partial charge in [0.15, 0.2) is 5.78 Å². The zero-order chi connectivity index (χ0) is 13.0. The fourth-order valence-electron chi connectivity index (χ4n) is 1.53. The van der Waals surface area contributed by atoms with Crippen LogP contribution in [0.5, 0.6) is 5.75 Å². The first-order chi connectivity index (χ1) is 8.01. The Labute approximate surface area is 98.0 Å². The maximum Gasteiger partial charge on any atom is 0.314 e. The second kappa shape index (κ2) is 5.43. The van der Waals surface area contributed by atoms with Crippen molar-refractivity contribution in [3.8, 4) is 5.75 Å². The number of Topliss-reactive ketones (excluding diaryl/α,β-unsaturated/α-hetero) is 1. The minimum absolute atomic E-state index is 0.0400. The van der Waals surface area contributed by atoms with Crippen LogP contribution in [0.25, 0.3) is 0 Å². The molecule has 1 atom stereocenters. The number of hydrogen-bond donors (Lipinski definition) is 1. The van der Waals surface area contributed by atoms with Crippen molar-refractivity contribution in [2.45, 2.75) is 13.3 Å². The second-order valence-corrected chi connectivity index (χ2v) is 3.51. The Morgan fingerprint density at radius 3 is 2.59 bits per heavy atom. The third-order valence-corrected chi connectivity index (χ3v) is 2.45. The SMILES string of the molecule is CCC(C(=O)O)C(=O)c1cc(F)ccc1OC. The monoisotopic (exact) mass is 240 g/mol. The minimum atomic E-state index is -1.22. The summed E-state index contributed by atoms with van der Waals surface area (Å²) in [5, 5.41) is 8.88. The topological polar surface area (TPSA) is 63.6 Å². The van der Waals surface area contributed by atoms with E-state index < -0.39 is 23.5 Å². The molecule has 0 amide bonds. The first-order valence-electron chi connectivity index (χ1n) is 5.11. The maximum absolute atomic E-state index is 13.1. The Bertz CT molecular complexity index is 442. The molecule has 0 aromatic heterocycles. The highest BCUT2D eigenvalue weighted by molar-refractivity contribution is 6.09. The number of aliphatic carboxylic acids is 1. The van der Waals surface area contributed by atoms with E-state index in [1.807, 2.05) is 0 Å².